The number of amides is 1. The number of rotatable bonds is 7. The van der Waals surface area contributed by atoms with Crippen molar-refractivity contribution in [1.29, 1.82) is 0 Å². The zero-order chi connectivity index (χ0) is 25.3. The lowest BCUT2D eigenvalue weighted by Crippen LogP contribution is -2.56. The number of carbonyl (C=O) groups excluding carboxylic acids is 1. The normalized spacial score (nSPS) is 25.3. The number of aryl methyl sites for hydroxylation is 1. The Balaban J connectivity index is 1.18. The van der Waals surface area contributed by atoms with Crippen LogP contribution in [0.5, 0.6) is 0 Å². The number of oxazole rings is 1. The minimum atomic E-state index is -3.40. The van der Waals surface area contributed by atoms with Crippen LogP contribution in [-0.4, -0.2) is 72.1 Å². The topological polar surface area (TPSA) is 120 Å². The quantitative estimate of drug-likeness (QED) is 0.514. The molecule has 3 aromatic rings. The first-order valence-corrected chi connectivity index (χ1v) is 14.3. The average molecular weight is 516 g/mol. The lowest BCUT2D eigenvalue weighted by molar-refractivity contribution is -0.0316. The number of benzene rings is 1. The zero-order valence-corrected chi connectivity index (χ0v) is 21.5. The van der Waals surface area contributed by atoms with Gasteiger partial charge < -0.3 is 14.1 Å². The monoisotopic (exact) mass is 515 g/mol. The van der Waals surface area contributed by atoms with Crippen LogP contribution in [0.2, 0.25) is 0 Å². The van der Waals surface area contributed by atoms with Crippen molar-refractivity contribution in [3.63, 3.8) is 0 Å². The van der Waals surface area contributed by atoms with E-state index < -0.39 is 16.1 Å². The van der Waals surface area contributed by atoms with Gasteiger partial charge in [0.1, 0.15) is 0 Å². The van der Waals surface area contributed by atoms with Crippen molar-refractivity contribution in [2.24, 2.45) is 13.0 Å². The molecule has 0 radical (unpaired) electrons. The van der Waals surface area contributed by atoms with Crippen LogP contribution in [0.25, 0.3) is 10.9 Å². The molecule has 2 fully saturated rings. The van der Waals surface area contributed by atoms with Gasteiger partial charge in [0.25, 0.3) is 5.91 Å². The number of piperidine rings is 1. The van der Waals surface area contributed by atoms with E-state index in [0.717, 1.165) is 37.5 Å². The second-order valence-corrected chi connectivity index (χ2v) is 11.9. The predicted molar refractivity (Wildman–Crippen MR) is 134 cm³/mol. The van der Waals surface area contributed by atoms with Crippen LogP contribution in [0.3, 0.4) is 0 Å². The van der Waals surface area contributed by atoms with Gasteiger partial charge in [0.05, 0.1) is 36.3 Å². The number of nitrogens with zero attached hydrogens (tertiary/aromatic N) is 4. The van der Waals surface area contributed by atoms with Gasteiger partial charge in [-0.15, -0.1) is 0 Å². The van der Waals surface area contributed by atoms with Gasteiger partial charge in [0.15, 0.2) is 6.39 Å². The molecule has 10 nitrogen and oxygen atoms in total. The summed E-state index contributed by atoms with van der Waals surface area (Å²) in [5, 5.41) is 5.52. The molecule has 1 N–H and O–H groups in total. The van der Waals surface area contributed by atoms with Gasteiger partial charge in [0, 0.05) is 32.1 Å². The summed E-state index contributed by atoms with van der Waals surface area (Å²) in [6.45, 7) is 1.26. The number of aromatic nitrogens is 3. The van der Waals surface area contributed by atoms with Gasteiger partial charge in [-0.3, -0.25) is 9.48 Å². The maximum Gasteiger partial charge on any atom is 0.291 e. The van der Waals surface area contributed by atoms with Crippen LogP contribution in [0, 0.1) is 5.92 Å². The molecule has 0 unspecified atom stereocenters. The van der Waals surface area contributed by atoms with E-state index in [1.807, 2.05) is 17.9 Å². The van der Waals surface area contributed by atoms with E-state index in [-0.39, 0.29) is 17.7 Å². The van der Waals surface area contributed by atoms with Crippen LogP contribution in [-0.2, 0) is 21.8 Å². The van der Waals surface area contributed by atoms with E-state index >= 15 is 0 Å². The van der Waals surface area contributed by atoms with Gasteiger partial charge in [-0.05, 0) is 61.6 Å². The number of nitrogens with one attached hydrogen (secondary N) is 1. The Bertz CT molecular complexity index is 1300. The first-order valence-electron chi connectivity index (χ1n) is 12.4. The second-order valence-electron chi connectivity index (χ2n) is 10.1. The highest BCUT2D eigenvalue weighted by Crippen LogP contribution is 2.37. The molecule has 1 aromatic carbocycles. The molecule has 2 atom stereocenters. The number of likely N-dealkylation sites (tertiary alicyclic amines) is 1. The average Bonchev–Trinajstić information content (AvgIpc) is 3.53. The molecule has 11 heteroatoms. The summed E-state index contributed by atoms with van der Waals surface area (Å²) in [6.07, 6.45) is 10.0. The van der Waals surface area contributed by atoms with Crippen LogP contribution in [0.1, 0.15) is 54.1 Å². The fourth-order valence-electron chi connectivity index (χ4n) is 5.52. The van der Waals surface area contributed by atoms with Crippen molar-refractivity contribution in [2.45, 2.75) is 50.2 Å². The Hall–Kier alpha value is -2.76. The summed E-state index contributed by atoms with van der Waals surface area (Å²) >= 11 is 0. The van der Waals surface area contributed by atoms with E-state index in [0.29, 0.717) is 38.0 Å². The van der Waals surface area contributed by atoms with E-state index in [2.05, 4.69) is 33.0 Å². The highest BCUT2D eigenvalue weighted by atomic mass is 32.2. The zero-order valence-electron chi connectivity index (χ0n) is 20.7. The van der Waals surface area contributed by atoms with Gasteiger partial charge in [-0.2, -0.15) is 5.10 Å². The largest absolute Gasteiger partial charge is 0.438 e. The Kier molecular flexibility index (Phi) is 7.14. The molecule has 1 amide bonds. The first-order chi connectivity index (χ1) is 17.3. The fraction of sp³-hybridized carbons (Fsp3) is 0.560. The molecule has 1 aliphatic heterocycles. The molecule has 3 heterocycles. The smallest absolute Gasteiger partial charge is 0.291 e. The number of ether oxygens (including phenoxy) is 1. The number of hydrogen-bond donors (Lipinski definition) is 1. The predicted octanol–water partition coefficient (Wildman–Crippen LogP) is 2.68. The highest BCUT2D eigenvalue weighted by molar-refractivity contribution is 7.88. The molecule has 0 bridgehead atoms. The second kappa shape index (κ2) is 10.3. The Morgan fingerprint density at radius 1 is 1.19 bits per heavy atom. The first kappa shape index (κ1) is 24.9. The molecule has 194 valence electrons. The van der Waals surface area contributed by atoms with Crippen LogP contribution in [0.4, 0.5) is 0 Å². The molecule has 5 rings (SSSR count). The fourth-order valence-corrected chi connectivity index (χ4v) is 6.33. The van der Waals surface area contributed by atoms with Crippen LogP contribution >= 0.6 is 0 Å². The standard InChI is InChI=1S/C25H33N5O5S/c1-29-22-8-7-19(11-20(22)12-27-29)18-5-3-17(4-6-18)15-34-24-14-30(25(31)23-13-26-16-35-23)10-9-21(24)28-36(2,32)33/h7-8,11-13,16-18,21,24,28H,3-6,9-10,14-15H2,1-2H3/t17?,18?,21-,24+/m0/s1. The maximum absolute atomic E-state index is 12.8. The lowest BCUT2D eigenvalue weighted by Gasteiger charge is -2.39. The number of sulfonamides is 1. The summed E-state index contributed by atoms with van der Waals surface area (Å²) in [5.74, 6) is 0.842. The molecule has 2 aromatic heterocycles. The minimum Gasteiger partial charge on any atom is -0.438 e. The highest BCUT2D eigenvalue weighted by Gasteiger charge is 2.35. The van der Waals surface area contributed by atoms with Crippen LogP contribution < -0.4 is 4.72 Å². The van der Waals surface area contributed by atoms with Gasteiger partial charge in [-0.1, -0.05) is 6.07 Å². The van der Waals surface area contributed by atoms with Gasteiger partial charge in [0.2, 0.25) is 15.8 Å². The SMILES string of the molecule is Cn1ncc2cc(C3CCC(CO[C@@H]4CN(C(=O)c5cnco5)CC[C@@H]4NS(C)(=O)=O)CC3)ccc21. The lowest BCUT2D eigenvalue weighted by atomic mass is 9.79. The van der Waals surface area contributed by atoms with E-state index in [1.54, 1.807) is 4.90 Å². The molecule has 1 saturated heterocycles. The van der Waals surface area contributed by atoms with Crippen molar-refractivity contribution in [3.8, 4) is 0 Å². The number of fused-ring (bicyclic) bond motifs is 1. The summed E-state index contributed by atoms with van der Waals surface area (Å²) in [5.41, 5.74) is 2.50. The molecular formula is C25H33N5O5S. The molecular weight excluding hydrogens is 482 g/mol. The third kappa shape index (κ3) is 5.63. The van der Waals surface area contributed by atoms with Crippen LogP contribution in [0.15, 0.2) is 41.4 Å². The summed E-state index contributed by atoms with van der Waals surface area (Å²) in [7, 11) is -1.44. The van der Waals surface area contributed by atoms with Crippen molar-refractivity contribution in [1.82, 2.24) is 24.4 Å². The molecule has 0 spiro atoms. The number of hydrogen-bond acceptors (Lipinski definition) is 7. The van der Waals surface area contributed by atoms with Crippen molar-refractivity contribution in [2.75, 3.05) is 26.0 Å². The van der Waals surface area contributed by atoms with Gasteiger partial charge >= 0.3 is 0 Å². The maximum atomic E-state index is 12.8. The van der Waals surface area contributed by atoms with E-state index in [4.69, 9.17) is 9.15 Å². The third-order valence-corrected chi connectivity index (χ3v) is 8.22. The molecule has 1 saturated carbocycles. The minimum absolute atomic E-state index is 0.172. The Labute approximate surface area is 211 Å². The van der Waals surface area contributed by atoms with Crippen molar-refractivity contribution < 1.29 is 22.4 Å². The third-order valence-electron chi connectivity index (χ3n) is 7.49. The van der Waals surface area contributed by atoms with Crippen molar-refractivity contribution >= 4 is 26.8 Å². The molecule has 1 aliphatic carbocycles. The van der Waals surface area contributed by atoms with Crippen molar-refractivity contribution in [3.05, 3.63) is 48.3 Å². The van der Waals surface area contributed by atoms with Gasteiger partial charge in [-0.25, -0.2) is 18.1 Å². The molecule has 36 heavy (non-hydrogen) atoms. The van der Waals surface area contributed by atoms with E-state index in [9.17, 15) is 13.2 Å². The molecule has 2 aliphatic rings. The summed E-state index contributed by atoms with van der Waals surface area (Å²) < 4.78 is 39.9. The Morgan fingerprint density at radius 3 is 2.72 bits per heavy atom. The summed E-state index contributed by atoms with van der Waals surface area (Å²) in [4.78, 5) is 18.2. The summed E-state index contributed by atoms with van der Waals surface area (Å²) in [6, 6.07) is 6.25. The number of carbonyl (C=O) groups is 1. The Morgan fingerprint density at radius 2 is 2.00 bits per heavy atom. The van der Waals surface area contributed by atoms with E-state index in [1.165, 1.54) is 23.5 Å².